The van der Waals surface area contributed by atoms with E-state index in [1.165, 1.54) is 0 Å². The van der Waals surface area contributed by atoms with Crippen molar-refractivity contribution in [2.24, 2.45) is 0 Å². The highest BCUT2D eigenvalue weighted by Gasteiger charge is 2.20. The Bertz CT molecular complexity index is 708. The molecule has 0 aliphatic carbocycles. The van der Waals surface area contributed by atoms with Gasteiger partial charge < -0.3 is 9.64 Å². The van der Waals surface area contributed by atoms with Crippen molar-refractivity contribution in [3.8, 4) is 5.88 Å². The second kappa shape index (κ2) is 9.29. The zero-order valence-electron chi connectivity index (χ0n) is 15.3. The molecule has 0 radical (unpaired) electrons. The molecule has 1 saturated heterocycles. The number of amides is 1. The Morgan fingerprint density at radius 1 is 1.12 bits per heavy atom. The van der Waals surface area contributed by atoms with Crippen molar-refractivity contribution < 1.29 is 9.53 Å². The van der Waals surface area contributed by atoms with Crippen LogP contribution in [0.15, 0.2) is 42.9 Å². The number of aromatic nitrogens is 2. The summed E-state index contributed by atoms with van der Waals surface area (Å²) in [6, 6.07) is 7.93. The summed E-state index contributed by atoms with van der Waals surface area (Å²) in [5.41, 5.74) is 2.25. The minimum Gasteiger partial charge on any atom is -0.481 e. The van der Waals surface area contributed by atoms with Crippen LogP contribution >= 0.6 is 0 Å². The Hall–Kier alpha value is -2.47. The summed E-state index contributed by atoms with van der Waals surface area (Å²) in [5, 5.41) is 0. The zero-order valence-corrected chi connectivity index (χ0v) is 15.3. The molecule has 0 bridgehead atoms. The SMILES string of the molecule is COc1ncccc1CN1CCCN(C(=O)CCc2ccncc2)CC1. The van der Waals surface area contributed by atoms with Gasteiger partial charge in [-0.3, -0.25) is 14.7 Å². The van der Waals surface area contributed by atoms with Gasteiger partial charge in [0, 0.05) is 63.3 Å². The van der Waals surface area contributed by atoms with E-state index >= 15 is 0 Å². The van der Waals surface area contributed by atoms with Gasteiger partial charge in [0.15, 0.2) is 0 Å². The molecule has 6 heteroatoms. The fraction of sp³-hybridized carbons (Fsp3) is 0.450. The summed E-state index contributed by atoms with van der Waals surface area (Å²) >= 11 is 0. The number of nitrogens with zero attached hydrogens (tertiary/aromatic N) is 4. The molecule has 2 aromatic heterocycles. The molecule has 1 aliphatic heterocycles. The lowest BCUT2D eigenvalue weighted by Crippen LogP contribution is -2.35. The molecule has 1 fully saturated rings. The highest BCUT2D eigenvalue weighted by Crippen LogP contribution is 2.17. The maximum Gasteiger partial charge on any atom is 0.222 e. The molecule has 3 rings (SSSR count). The first kappa shape index (κ1) is 18.3. The Kier molecular flexibility index (Phi) is 6.55. The predicted octanol–water partition coefficient (Wildman–Crippen LogP) is 2.15. The maximum absolute atomic E-state index is 12.6. The minimum absolute atomic E-state index is 0.239. The van der Waals surface area contributed by atoms with E-state index in [9.17, 15) is 4.79 Å². The van der Waals surface area contributed by atoms with E-state index in [0.717, 1.165) is 56.7 Å². The first-order chi connectivity index (χ1) is 12.8. The Morgan fingerprint density at radius 3 is 2.77 bits per heavy atom. The maximum atomic E-state index is 12.6. The van der Waals surface area contributed by atoms with Crippen LogP contribution in [-0.4, -0.2) is 59.0 Å². The molecule has 2 aromatic rings. The third kappa shape index (κ3) is 5.02. The van der Waals surface area contributed by atoms with Crippen LogP contribution in [0, 0.1) is 0 Å². The molecule has 26 heavy (non-hydrogen) atoms. The second-order valence-electron chi connectivity index (χ2n) is 6.54. The van der Waals surface area contributed by atoms with E-state index in [1.807, 2.05) is 29.2 Å². The summed E-state index contributed by atoms with van der Waals surface area (Å²) in [6.45, 7) is 4.26. The topological polar surface area (TPSA) is 58.6 Å². The minimum atomic E-state index is 0.239. The molecule has 6 nitrogen and oxygen atoms in total. The van der Waals surface area contributed by atoms with Crippen molar-refractivity contribution in [2.75, 3.05) is 33.3 Å². The summed E-state index contributed by atoms with van der Waals surface area (Å²) in [5.74, 6) is 0.921. The van der Waals surface area contributed by atoms with Gasteiger partial charge in [0.1, 0.15) is 0 Å². The zero-order chi connectivity index (χ0) is 18.2. The third-order valence-electron chi connectivity index (χ3n) is 4.76. The summed E-state index contributed by atoms with van der Waals surface area (Å²) < 4.78 is 5.34. The fourth-order valence-electron chi connectivity index (χ4n) is 3.31. The lowest BCUT2D eigenvalue weighted by molar-refractivity contribution is -0.131. The van der Waals surface area contributed by atoms with Gasteiger partial charge in [0.2, 0.25) is 11.8 Å². The van der Waals surface area contributed by atoms with Gasteiger partial charge in [-0.1, -0.05) is 6.07 Å². The van der Waals surface area contributed by atoms with Crippen molar-refractivity contribution in [1.29, 1.82) is 0 Å². The molecular weight excluding hydrogens is 328 g/mol. The average Bonchev–Trinajstić information content (AvgIpc) is 2.93. The van der Waals surface area contributed by atoms with Gasteiger partial charge in [-0.05, 0) is 36.6 Å². The van der Waals surface area contributed by atoms with Gasteiger partial charge >= 0.3 is 0 Å². The van der Waals surface area contributed by atoms with Gasteiger partial charge in [-0.25, -0.2) is 4.98 Å². The molecule has 0 N–H and O–H groups in total. The number of pyridine rings is 2. The largest absolute Gasteiger partial charge is 0.481 e. The number of carbonyl (C=O) groups excluding carboxylic acids is 1. The highest BCUT2D eigenvalue weighted by molar-refractivity contribution is 5.76. The molecular formula is C20H26N4O2. The van der Waals surface area contributed by atoms with Crippen molar-refractivity contribution >= 4 is 5.91 Å². The molecule has 0 aromatic carbocycles. The van der Waals surface area contributed by atoms with Crippen LogP contribution in [0.2, 0.25) is 0 Å². The Balaban J connectivity index is 1.50. The van der Waals surface area contributed by atoms with E-state index in [1.54, 1.807) is 25.7 Å². The van der Waals surface area contributed by atoms with Crippen molar-refractivity contribution in [1.82, 2.24) is 19.8 Å². The molecule has 1 aliphatic rings. The number of rotatable bonds is 6. The van der Waals surface area contributed by atoms with Crippen molar-refractivity contribution in [3.63, 3.8) is 0 Å². The second-order valence-corrected chi connectivity index (χ2v) is 6.54. The van der Waals surface area contributed by atoms with Crippen LogP contribution < -0.4 is 4.74 Å². The smallest absolute Gasteiger partial charge is 0.222 e. The van der Waals surface area contributed by atoms with Crippen LogP contribution in [-0.2, 0) is 17.8 Å². The highest BCUT2D eigenvalue weighted by atomic mass is 16.5. The van der Waals surface area contributed by atoms with Gasteiger partial charge in [0.05, 0.1) is 7.11 Å². The standard InChI is InChI=1S/C20H26N4O2/c1-26-20-18(4-2-9-22-20)16-23-12-3-13-24(15-14-23)19(25)6-5-17-7-10-21-11-8-17/h2,4,7-11H,3,5-6,12-16H2,1H3. The fourth-order valence-corrected chi connectivity index (χ4v) is 3.31. The Labute approximate surface area is 154 Å². The average molecular weight is 354 g/mol. The lowest BCUT2D eigenvalue weighted by Gasteiger charge is -2.22. The number of hydrogen-bond acceptors (Lipinski definition) is 5. The molecule has 1 amide bonds. The van der Waals surface area contributed by atoms with E-state index in [4.69, 9.17) is 4.74 Å². The van der Waals surface area contributed by atoms with Crippen LogP contribution in [0.5, 0.6) is 5.88 Å². The normalized spacial score (nSPS) is 15.5. The lowest BCUT2D eigenvalue weighted by atomic mass is 10.1. The van der Waals surface area contributed by atoms with Crippen LogP contribution in [0.4, 0.5) is 0 Å². The number of aryl methyl sites for hydroxylation is 1. The number of ether oxygens (including phenoxy) is 1. The molecule has 0 unspecified atom stereocenters. The number of hydrogen-bond donors (Lipinski definition) is 0. The number of carbonyl (C=O) groups is 1. The van der Waals surface area contributed by atoms with Crippen LogP contribution in [0.25, 0.3) is 0 Å². The first-order valence-corrected chi connectivity index (χ1v) is 9.13. The monoisotopic (exact) mass is 354 g/mol. The van der Waals surface area contributed by atoms with E-state index in [-0.39, 0.29) is 5.91 Å². The van der Waals surface area contributed by atoms with Gasteiger partial charge in [-0.2, -0.15) is 0 Å². The van der Waals surface area contributed by atoms with E-state index in [2.05, 4.69) is 14.9 Å². The predicted molar refractivity (Wildman–Crippen MR) is 99.8 cm³/mol. The molecule has 0 atom stereocenters. The van der Waals surface area contributed by atoms with Crippen LogP contribution in [0.1, 0.15) is 24.0 Å². The Morgan fingerprint density at radius 2 is 1.96 bits per heavy atom. The summed E-state index contributed by atoms with van der Waals surface area (Å²) in [6.07, 6.45) is 7.61. The van der Waals surface area contributed by atoms with Gasteiger partial charge in [-0.15, -0.1) is 0 Å². The van der Waals surface area contributed by atoms with Crippen LogP contribution in [0.3, 0.4) is 0 Å². The van der Waals surface area contributed by atoms with E-state index in [0.29, 0.717) is 12.3 Å². The molecule has 138 valence electrons. The van der Waals surface area contributed by atoms with Crippen molar-refractivity contribution in [2.45, 2.75) is 25.8 Å². The van der Waals surface area contributed by atoms with Crippen molar-refractivity contribution in [3.05, 3.63) is 54.0 Å². The first-order valence-electron chi connectivity index (χ1n) is 9.13. The quantitative estimate of drug-likeness (QED) is 0.796. The van der Waals surface area contributed by atoms with Gasteiger partial charge in [0.25, 0.3) is 0 Å². The third-order valence-corrected chi connectivity index (χ3v) is 4.76. The molecule has 0 saturated carbocycles. The molecule has 3 heterocycles. The number of methoxy groups -OCH3 is 1. The van der Waals surface area contributed by atoms with E-state index < -0.39 is 0 Å². The summed E-state index contributed by atoms with van der Waals surface area (Å²) in [7, 11) is 1.65. The summed E-state index contributed by atoms with van der Waals surface area (Å²) in [4.78, 5) is 25.2. The molecule has 0 spiro atoms.